The fraction of sp³-hybridized carbons (Fsp3) is 0.469. The van der Waals surface area contributed by atoms with E-state index in [1.165, 1.54) is 0 Å². The highest BCUT2D eigenvalue weighted by Gasteiger charge is 2.41. The van der Waals surface area contributed by atoms with Gasteiger partial charge in [0.2, 0.25) is 0 Å². The Balaban J connectivity index is 1.52. The first-order chi connectivity index (χ1) is 17.7. The second-order valence-corrected chi connectivity index (χ2v) is 10.9. The van der Waals surface area contributed by atoms with Crippen LogP contribution in [0.2, 0.25) is 0 Å². The lowest BCUT2D eigenvalue weighted by molar-refractivity contribution is -0.146. The quantitative estimate of drug-likeness (QED) is 0.319. The van der Waals surface area contributed by atoms with Gasteiger partial charge < -0.3 is 20.2 Å². The summed E-state index contributed by atoms with van der Waals surface area (Å²) < 4.78 is 0. The summed E-state index contributed by atoms with van der Waals surface area (Å²) in [5.74, 6) is -0.691. The topological polar surface area (TPSA) is 81.0 Å². The average molecular weight is 506 g/mol. The molecule has 5 heteroatoms. The third kappa shape index (κ3) is 7.41. The summed E-state index contributed by atoms with van der Waals surface area (Å²) in [4.78, 5) is 13.7. The molecule has 1 unspecified atom stereocenters. The maximum Gasteiger partial charge on any atom is 0.309 e. The molecule has 1 fully saturated rings. The van der Waals surface area contributed by atoms with Gasteiger partial charge in [-0.1, -0.05) is 78.9 Å². The van der Waals surface area contributed by atoms with Gasteiger partial charge in [0.1, 0.15) is 5.60 Å². The summed E-state index contributed by atoms with van der Waals surface area (Å²) in [6.45, 7) is 8.05. The zero-order chi connectivity index (χ0) is 26.9. The van der Waals surface area contributed by atoms with Gasteiger partial charge in [-0.2, -0.15) is 0 Å². The van der Waals surface area contributed by atoms with Crippen molar-refractivity contribution in [3.8, 4) is 0 Å². The summed E-state index contributed by atoms with van der Waals surface area (Å²) in [5, 5.41) is 32.0. The van der Waals surface area contributed by atoms with Crippen LogP contribution in [0.1, 0.15) is 64.0 Å². The minimum Gasteiger partial charge on any atom is -0.481 e. The summed E-state index contributed by atoms with van der Waals surface area (Å²) in [6, 6.07) is 20.0. The molecule has 0 aliphatic carbocycles. The van der Waals surface area contributed by atoms with Crippen LogP contribution in [0.4, 0.5) is 0 Å². The Labute approximate surface area is 222 Å². The Hall–Kier alpha value is -2.73. The number of piperidine rings is 1. The second kappa shape index (κ2) is 13.2. The van der Waals surface area contributed by atoms with Crippen molar-refractivity contribution in [1.82, 2.24) is 4.90 Å². The maximum atomic E-state index is 12.1. The van der Waals surface area contributed by atoms with E-state index in [-0.39, 0.29) is 5.92 Å². The van der Waals surface area contributed by atoms with Gasteiger partial charge in [0.05, 0.1) is 11.5 Å². The lowest BCUT2D eigenvalue weighted by Crippen LogP contribution is -2.44. The van der Waals surface area contributed by atoms with E-state index >= 15 is 0 Å². The maximum absolute atomic E-state index is 12.1. The van der Waals surface area contributed by atoms with Crippen molar-refractivity contribution < 1.29 is 20.1 Å². The third-order valence-corrected chi connectivity index (χ3v) is 7.79. The highest BCUT2D eigenvalue weighted by atomic mass is 16.4. The molecule has 200 valence electrons. The Morgan fingerprint density at radius 1 is 1.03 bits per heavy atom. The van der Waals surface area contributed by atoms with Gasteiger partial charge in [-0.15, -0.1) is 0 Å². The third-order valence-electron chi connectivity index (χ3n) is 7.79. The van der Waals surface area contributed by atoms with Crippen molar-refractivity contribution in [3.63, 3.8) is 0 Å². The molecule has 1 aliphatic heterocycles. The van der Waals surface area contributed by atoms with E-state index in [0.29, 0.717) is 12.8 Å². The highest BCUT2D eigenvalue weighted by molar-refractivity contribution is 5.73. The minimum atomic E-state index is -1.01. The van der Waals surface area contributed by atoms with Crippen molar-refractivity contribution in [2.24, 2.45) is 11.3 Å². The van der Waals surface area contributed by atoms with E-state index in [9.17, 15) is 20.1 Å². The van der Waals surface area contributed by atoms with Gasteiger partial charge in [-0.3, -0.25) is 4.79 Å². The molecule has 3 N–H and O–H groups in total. The number of hydrogen-bond donors (Lipinski definition) is 3. The SMILES string of the molecule is C/C=C(\C=C/CC(C)(C)C(=O)O)C(O)CCCN1CCC(C(O)(c2ccccc2)c2ccccc2)CC1. The van der Waals surface area contributed by atoms with E-state index in [0.717, 1.165) is 55.6 Å². The van der Waals surface area contributed by atoms with Crippen LogP contribution in [0.15, 0.2) is 84.5 Å². The van der Waals surface area contributed by atoms with Crippen molar-refractivity contribution in [2.75, 3.05) is 19.6 Å². The van der Waals surface area contributed by atoms with Crippen LogP contribution < -0.4 is 0 Å². The van der Waals surface area contributed by atoms with Crippen LogP contribution in [-0.2, 0) is 10.4 Å². The van der Waals surface area contributed by atoms with Crippen LogP contribution in [0.3, 0.4) is 0 Å². The molecule has 2 aromatic carbocycles. The van der Waals surface area contributed by atoms with Crippen molar-refractivity contribution in [3.05, 3.63) is 95.6 Å². The van der Waals surface area contributed by atoms with Crippen LogP contribution >= 0.6 is 0 Å². The standard InChI is InChI=1S/C32H43NO4/c1-4-25(13-11-21-31(2,3)30(35)36)29(34)18-12-22-33-23-19-28(20-24-33)32(37,26-14-7-5-8-15-26)27-16-9-6-10-17-27/h4-11,13-17,28-29,34,37H,12,18-24H2,1-3H3,(H,35,36)/b13-11-,25-4+. The highest BCUT2D eigenvalue weighted by Crippen LogP contribution is 2.41. The largest absolute Gasteiger partial charge is 0.481 e. The number of benzene rings is 2. The number of allylic oxidation sites excluding steroid dienone is 2. The normalized spacial score (nSPS) is 17.3. The van der Waals surface area contributed by atoms with Crippen LogP contribution in [-0.4, -0.2) is 51.9 Å². The lowest BCUT2D eigenvalue weighted by Gasteiger charge is -2.42. The number of carboxylic acid groups (broad SMARTS) is 1. The minimum absolute atomic E-state index is 0.133. The van der Waals surface area contributed by atoms with Crippen molar-refractivity contribution >= 4 is 5.97 Å². The van der Waals surface area contributed by atoms with Gasteiger partial charge in [-0.05, 0) is 95.1 Å². The van der Waals surface area contributed by atoms with E-state index in [2.05, 4.69) is 4.90 Å². The molecule has 0 bridgehead atoms. The second-order valence-electron chi connectivity index (χ2n) is 10.9. The number of aliphatic hydroxyl groups is 2. The molecule has 0 radical (unpaired) electrons. The van der Waals surface area contributed by atoms with Gasteiger partial charge >= 0.3 is 5.97 Å². The smallest absolute Gasteiger partial charge is 0.309 e. The van der Waals surface area contributed by atoms with E-state index in [4.69, 9.17) is 0 Å². The average Bonchev–Trinajstić information content (AvgIpc) is 2.92. The predicted molar refractivity (Wildman–Crippen MR) is 149 cm³/mol. The molecule has 1 atom stereocenters. The molecular weight excluding hydrogens is 462 g/mol. The molecule has 3 rings (SSSR count). The van der Waals surface area contributed by atoms with Crippen LogP contribution in [0, 0.1) is 11.3 Å². The Morgan fingerprint density at radius 2 is 1.57 bits per heavy atom. The number of rotatable bonds is 12. The Kier molecular flexibility index (Phi) is 10.3. The number of aliphatic carboxylic acids is 1. The van der Waals surface area contributed by atoms with Gasteiger partial charge in [0.15, 0.2) is 0 Å². The number of carboxylic acids is 1. The molecular formula is C32H43NO4. The van der Waals surface area contributed by atoms with Crippen LogP contribution in [0.5, 0.6) is 0 Å². The summed E-state index contributed by atoms with van der Waals surface area (Å²) in [5.41, 5.74) is 0.894. The Morgan fingerprint density at radius 3 is 2.05 bits per heavy atom. The fourth-order valence-electron chi connectivity index (χ4n) is 5.25. The molecule has 1 heterocycles. The Bertz CT molecular complexity index is 997. The molecule has 1 aliphatic rings. The molecule has 0 saturated carbocycles. The van der Waals surface area contributed by atoms with Gasteiger partial charge in [0, 0.05) is 0 Å². The molecule has 0 aromatic heterocycles. The van der Waals surface area contributed by atoms with E-state index in [1.807, 2.05) is 85.8 Å². The molecule has 37 heavy (non-hydrogen) atoms. The molecule has 1 saturated heterocycles. The van der Waals surface area contributed by atoms with Gasteiger partial charge in [-0.25, -0.2) is 0 Å². The summed E-state index contributed by atoms with van der Waals surface area (Å²) in [6.07, 6.45) is 8.80. The number of carbonyl (C=O) groups is 1. The number of nitrogens with zero attached hydrogens (tertiary/aromatic N) is 1. The van der Waals surface area contributed by atoms with E-state index in [1.54, 1.807) is 13.8 Å². The first-order valence-corrected chi connectivity index (χ1v) is 13.5. The zero-order valence-corrected chi connectivity index (χ0v) is 22.5. The first-order valence-electron chi connectivity index (χ1n) is 13.5. The monoisotopic (exact) mass is 505 g/mol. The molecule has 2 aromatic rings. The number of aliphatic hydroxyl groups excluding tert-OH is 1. The lowest BCUT2D eigenvalue weighted by atomic mass is 9.72. The first kappa shape index (κ1) is 28.8. The zero-order valence-electron chi connectivity index (χ0n) is 22.5. The molecule has 0 amide bonds. The predicted octanol–water partition coefficient (Wildman–Crippen LogP) is 5.78. The van der Waals surface area contributed by atoms with Crippen LogP contribution in [0.25, 0.3) is 0 Å². The molecule has 5 nitrogen and oxygen atoms in total. The van der Waals surface area contributed by atoms with Gasteiger partial charge in [0.25, 0.3) is 0 Å². The fourth-order valence-corrected chi connectivity index (χ4v) is 5.25. The summed E-state index contributed by atoms with van der Waals surface area (Å²) >= 11 is 0. The number of likely N-dealkylation sites (tertiary alicyclic amines) is 1. The van der Waals surface area contributed by atoms with E-state index < -0.39 is 23.1 Å². The van der Waals surface area contributed by atoms with Crippen molar-refractivity contribution in [1.29, 1.82) is 0 Å². The summed E-state index contributed by atoms with van der Waals surface area (Å²) in [7, 11) is 0. The number of hydrogen-bond acceptors (Lipinski definition) is 4. The van der Waals surface area contributed by atoms with Crippen molar-refractivity contribution in [2.45, 2.75) is 64.6 Å². The molecule has 0 spiro atoms.